The van der Waals surface area contributed by atoms with Crippen molar-refractivity contribution in [3.63, 3.8) is 0 Å². The summed E-state index contributed by atoms with van der Waals surface area (Å²) in [4.78, 5) is 14.8. The Hall–Kier alpha value is -2.64. The monoisotopic (exact) mass is 462 g/mol. The van der Waals surface area contributed by atoms with Crippen molar-refractivity contribution in [3.05, 3.63) is 47.5 Å². The van der Waals surface area contributed by atoms with Crippen LogP contribution in [0.15, 0.2) is 30.6 Å². The first-order valence-electron chi connectivity index (χ1n) is 12.6. The van der Waals surface area contributed by atoms with E-state index in [0.717, 1.165) is 57.1 Å². The summed E-state index contributed by atoms with van der Waals surface area (Å²) in [5.74, 6) is 1.02. The van der Waals surface area contributed by atoms with Crippen LogP contribution in [0.3, 0.4) is 0 Å². The summed E-state index contributed by atoms with van der Waals surface area (Å²) in [7, 11) is 3.84. The fourth-order valence-corrected chi connectivity index (χ4v) is 5.87. The topological polar surface area (TPSA) is 58.5 Å². The molecule has 182 valence electrons. The summed E-state index contributed by atoms with van der Waals surface area (Å²) in [6, 6.07) is 7.16. The lowest BCUT2D eigenvalue weighted by Gasteiger charge is -2.39. The van der Waals surface area contributed by atoms with Crippen molar-refractivity contribution in [2.24, 2.45) is 13.0 Å². The van der Waals surface area contributed by atoms with E-state index in [0.29, 0.717) is 17.9 Å². The molecule has 5 rings (SSSR count). The molecule has 5 heterocycles. The first-order valence-corrected chi connectivity index (χ1v) is 12.6. The maximum atomic E-state index is 5.36. The van der Waals surface area contributed by atoms with Crippen LogP contribution in [0.4, 0.5) is 11.4 Å². The van der Waals surface area contributed by atoms with E-state index in [1.807, 2.05) is 0 Å². The minimum Gasteiger partial charge on any atom is -0.383 e. The molecule has 0 amide bonds. The Labute approximate surface area is 203 Å². The zero-order valence-corrected chi connectivity index (χ0v) is 21.2. The Balaban J connectivity index is 1.32. The smallest absolute Gasteiger partial charge is 0.141 e. The molecule has 3 aromatic heterocycles. The average molecular weight is 463 g/mol. The minimum atomic E-state index is 0.371. The maximum Gasteiger partial charge on any atom is 0.141 e. The van der Waals surface area contributed by atoms with E-state index in [1.165, 1.54) is 28.0 Å². The molecule has 2 saturated heterocycles. The number of aromatic nitrogens is 3. The molecule has 0 bridgehead atoms. The van der Waals surface area contributed by atoms with Crippen LogP contribution in [0, 0.1) is 19.8 Å². The van der Waals surface area contributed by atoms with Crippen LogP contribution in [0.25, 0.3) is 11.0 Å². The third kappa shape index (κ3) is 4.39. The van der Waals surface area contributed by atoms with Crippen LogP contribution < -0.4 is 15.1 Å². The summed E-state index contributed by atoms with van der Waals surface area (Å²) < 4.78 is 7.48. The second-order valence-corrected chi connectivity index (χ2v) is 10.2. The predicted octanol–water partition coefficient (Wildman–Crippen LogP) is 3.64. The molecule has 2 aliphatic heterocycles. The molecule has 34 heavy (non-hydrogen) atoms. The lowest BCUT2D eigenvalue weighted by Crippen LogP contribution is -2.52. The maximum absolute atomic E-state index is 5.36. The summed E-state index contributed by atoms with van der Waals surface area (Å²) in [5, 5.41) is 4.79. The molecule has 0 aliphatic carbocycles. The van der Waals surface area contributed by atoms with Crippen molar-refractivity contribution in [3.8, 4) is 0 Å². The van der Waals surface area contributed by atoms with Crippen molar-refractivity contribution in [2.75, 3.05) is 56.2 Å². The first kappa shape index (κ1) is 23.1. The number of hydrogen-bond acceptors (Lipinski definition) is 6. The normalized spacial score (nSPS) is 23.6. The van der Waals surface area contributed by atoms with Gasteiger partial charge in [0.15, 0.2) is 0 Å². The van der Waals surface area contributed by atoms with Crippen LogP contribution in [0.1, 0.15) is 36.2 Å². The van der Waals surface area contributed by atoms with Gasteiger partial charge in [-0.3, -0.25) is 4.98 Å². The Kier molecular flexibility index (Phi) is 6.49. The summed E-state index contributed by atoms with van der Waals surface area (Å²) in [5.41, 5.74) is 7.28. The molecule has 0 aromatic carbocycles. The highest BCUT2D eigenvalue weighted by molar-refractivity contribution is 5.90. The van der Waals surface area contributed by atoms with Gasteiger partial charge in [0, 0.05) is 87.5 Å². The van der Waals surface area contributed by atoms with Gasteiger partial charge in [0.05, 0.1) is 18.5 Å². The van der Waals surface area contributed by atoms with Crippen molar-refractivity contribution in [1.82, 2.24) is 19.9 Å². The molecular weight excluding hydrogens is 424 g/mol. The molecule has 1 N–H and O–H groups in total. The Morgan fingerprint density at radius 2 is 2.00 bits per heavy atom. The van der Waals surface area contributed by atoms with Crippen LogP contribution in [-0.4, -0.2) is 67.0 Å². The van der Waals surface area contributed by atoms with Gasteiger partial charge in [-0.2, -0.15) is 0 Å². The van der Waals surface area contributed by atoms with Gasteiger partial charge in [0.25, 0.3) is 0 Å². The molecule has 0 saturated carbocycles. The van der Waals surface area contributed by atoms with E-state index >= 15 is 0 Å². The number of aryl methyl sites for hydroxylation is 3. The van der Waals surface area contributed by atoms with E-state index in [9.17, 15) is 0 Å². The number of piperidine rings is 1. The Morgan fingerprint density at radius 3 is 2.76 bits per heavy atom. The number of piperazine rings is 1. The number of pyridine rings is 2. The van der Waals surface area contributed by atoms with Gasteiger partial charge in [-0.25, -0.2) is 4.98 Å². The quantitative estimate of drug-likeness (QED) is 0.625. The van der Waals surface area contributed by atoms with Crippen LogP contribution in [0.2, 0.25) is 0 Å². The standard InChI is InChI=1S/C27H38N6O/c1-18-12-22(32-11-8-28-21(16-32)17-34-5)14-29-26(18)23-7-10-33(15-19(23)2)25-13-20(3)30-27-24(25)6-9-31(27)4/h6,9,12-14,19,21,23,28H,7-8,10-11,15-17H2,1-5H3/t19-,21-,23-/m1/s1. The van der Waals surface area contributed by atoms with Crippen molar-refractivity contribution in [1.29, 1.82) is 0 Å². The second-order valence-electron chi connectivity index (χ2n) is 10.2. The minimum absolute atomic E-state index is 0.371. The summed E-state index contributed by atoms with van der Waals surface area (Å²) >= 11 is 0. The lowest BCUT2D eigenvalue weighted by molar-refractivity contribution is 0.163. The molecule has 7 heteroatoms. The molecule has 2 fully saturated rings. The Bertz CT molecular complexity index is 1160. The predicted molar refractivity (Wildman–Crippen MR) is 139 cm³/mol. The largest absolute Gasteiger partial charge is 0.383 e. The summed E-state index contributed by atoms with van der Waals surface area (Å²) in [6.07, 6.45) is 5.32. The van der Waals surface area contributed by atoms with E-state index in [-0.39, 0.29) is 0 Å². The van der Waals surface area contributed by atoms with Gasteiger partial charge in [-0.1, -0.05) is 6.92 Å². The molecule has 0 radical (unpaired) electrons. The van der Waals surface area contributed by atoms with Crippen LogP contribution in [0.5, 0.6) is 0 Å². The SMILES string of the molecule is COC[C@H]1CN(c2cnc([C@@H]3CCN(c4cc(C)nc5c4ccn5C)C[C@H]3C)c(C)c2)CCN1. The Morgan fingerprint density at radius 1 is 1.15 bits per heavy atom. The fourth-order valence-electron chi connectivity index (χ4n) is 5.87. The van der Waals surface area contributed by atoms with Crippen LogP contribution in [-0.2, 0) is 11.8 Å². The van der Waals surface area contributed by atoms with Crippen molar-refractivity contribution in [2.45, 2.75) is 39.2 Å². The molecular formula is C27H38N6O. The van der Waals surface area contributed by atoms with Gasteiger partial charge in [-0.05, 0) is 49.9 Å². The lowest BCUT2D eigenvalue weighted by atomic mass is 9.82. The second kappa shape index (κ2) is 9.55. The molecule has 3 atom stereocenters. The summed E-state index contributed by atoms with van der Waals surface area (Å²) in [6.45, 7) is 12.5. The van der Waals surface area contributed by atoms with Crippen molar-refractivity contribution < 1.29 is 4.74 Å². The molecule has 3 aromatic rings. The average Bonchev–Trinajstić information content (AvgIpc) is 3.19. The fraction of sp³-hybridized carbons (Fsp3) is 0.556. The van der Waals surface area contributed by atoms with Gasteiger partial charge in [0.2, 0.25) is 0 Å². The highest BCUT2D eigenvalue weighted by atomic mass is 16.5. The number of methoxy groups -OCH3 is 1. The van der Waals surface area contributed by atoms with Gasteiger partial charge in [-0.15, -0.1) is 0 Å². The van der Waals surface area contributed by atoms with E-state index in [1.54, 1.807) is 7.11 Å². The van der Waals surface area contributed by atoms with Gasteiger partial charge in [0.1, 0.15) is 5.65 Å². The first-order chi connectivity index (χ1) is 16.4. The number of hydrogen-bond donors (Lipinski definition) is 1. The third-order valence-electron chi connectivity index (χ3n) is 7.63. The van der Waals surface area contributed by atoms with E-state index in [2.05, 4.69) is 78.1 Å². The molecule has 0 unspecified atom stereocenters. The highest BCUT2D eigenvalue weighted by Crippen LogP contribution is 2.38. The zero-order valence-electron chi connectivity index (χ0n) is 21.2. The number of nitrogens with one attached hydrogen (secondary N) is 1. The number of anilines is 2. The van der Waals surface area contributed by atoms with Crippen LogP contribution >= 0.6 is 0 Å². The number of ether oxygens (including phenoxy) is 1. The van der Waals surface area contributed by atoms with Gasteiger partial charge >= 0.3 is 0 Å². The van der Waals surface area contributed by atoms with E-state index < -0.39 is 0 Å². The number of rotatable bonds is 5. The molecule has 0 spiro atoms. The van der Waals surface area contributed by atoms with E-state index in [4.69, 9.17) is 14.7 Å². The molecule has 2 aliphatic rings. The number of nitrogens with zero attached hydrogens (tertiary/aromatic N) is 5. The highest BCUT2D eigenvalue weighted by Gasteiger charge is 2.31. The third-order valence-corrected chi connectivity index (χ3v) is 7.63. The molecule has 7 nitrogen and oxygen atoms in total. The number of fused-ring (bicyclic) bond motifs is 1. The van der Waals surface area contributed by atoms with Crippen molar-refractivity contribution >= 4 is 22.4 Å². The zero-order chi connectivity index (χ0) is 23.8. The van der Waals surface area contributed by atoms with Gasteiger partial charge < -0.3 is 24.4 Å².